The van der Waals surface area contributed by atoms with Crippen LogP contribution >= 0.6 is 11.6 Å². The summed E-state index contributed by atoms with van der Waals surface area (Å²) in [6.45, 7) is -0.125. The second kappa shape index (κ2) is 8.55. The minimum atomic E-state index is -0.430. The molecule has 2 aromatic heterocycles. The largest absolute Gasteiger partial charge is 0.456 e. The number of para-hydroxylation sites is 1. The first-order valence-corrected chi connectivity index (χ1v) is 10.7. The average Bonchev–Trinajstić information content (AvgIpc) is 3.53. The van der Waals surface area contributed by atoms with Gasteiger partial charge < -0.3 is 9.15 Å². The first-order chi connectivity index (χ1) is 15.6. The molecular weight excluding hydrogens is 432 g/mol. The van der Waals surface area contributed by atoms with E-state index in [1.54, 1.807) is 34.9 Å². The fourth-order valence-corrected chi connectivity index (χ4v) is 3.65. The Labute approximate surface area is 187 Å². The maximum atomic E-state index is 12.9. The van der Waals surface area contributed by atoms with Gasteiger partial charge in [0.05, 0.1) is 17.3 Å². The van der Waals surface area contributed by atoms with E-state index < -0.39 is 5.97 Å². The Bertz CT molecular complexity index is 1340. The van der Waals surface area contributed by atoms with E-state index in [1.807, 2.05) is 18.2 Å². The molecule has 1 aliphatic carbocycles. The molecule has 4 aromatic rings. The van der Waals surface area contributed by atoms with Crippen molar-refractivity contribution >= 4 is 28.5 Å². The van der Waals surface area contributed by atoms with Gasteiger partial charge in [0, 0.05) is 23.0 Å². The number of ether oxygens (including phenoxy) is 1. The molecule has 9 heteroatoms. The predicted molar refractivity (Wildman–Crippen MR) is 117 cm³/mol. The van der Waals surface area contributed by atoms with Gasteiger partial charge in [0.2, 0.25) is 5.89 Å². The van der Waals surface area contributed by atoms with Crippen molar-refractivity contribution in [3.05, 3.63) is 75.6 Å². The van der Waals surface area contributed by atoms with E-state index in [0.29, 0.717) is 34.1 Å². The van der Waals surface area contributed by atoms with Crippen LogP contribution in [0.5, 0.6) is 0 Å². The molecule has 0 saturated heterocycles. The number of nitrogens with zero attached hydrogens (tertiary/aromatic N) is 4. The van der Waals surface area contributed by atoms with Gasteiger partial charge in [-0.15, -0.1) is 10.2 Å². The number of esters is 1. The summed E-state index contributed by atoms with van der Waals surface area (Å²) in [5, 5.41) is 9.08. The number of hydrogen-bond acceptors (Lipinski definition) is 7. The summed E-state index contributed by atoms with van der Waals surface area (Å²) in [6.07, 6.45) is 2.31. The van der Waals surface area contributed by atoms with Crippen molar-refractivity contribution in [3.8, 4) is 11.5 Å². The number of fused-ring (bicyclic) bond motifs is 1. The number of aromatic nitrogens is 4. The van der Waals surface area contributed by atoms with Gasteiger partial charge in [-0.25, -0.2) is 4.98 Å². The summed E-state index contributed by atoms with van der Waals surface area (Å²) in [7, 11) is 0. The number of aryl methyl sites for hydroxylation is 1. The van der Waals surface area contributed by atoms with Crippen LogP contribution in [0.15, 0.2) is 57.7 Å². The molecule has 32 heavy (non-hydrogen) atoms. The molecule has 1 saturated carbocycles. The lowest BCUT2D eigenvalue weighted by Gasteiger charge is -2.12. The number of rotatable bonds is 7. The van der Waals surface area contributed by atoms with Gasteiger partial charge in [0.15, 0.2) is 6.61 Å². The molecule has 0 N–H and O–H groups in total. The molecule has 0 atom stereocenters. The van der Waals surface area contributed by atoms with Crippen LogP contribution in [0.25, 0.3) is 22.4 Å². The number of halogens is 1. The Kier molecular flexibility index (Phi) is 5.45. The Morgan fingerprint density at radius 2 is 1.91 bits per heavy atom. The van der Waals surface area contributed by atoms with Crippen LogP contribution in [0.4, 0.5) is 0 Å². The molecule has 8 nitrogen and oxygen atoms in total. The SMILES string of the molecule is O=C(CCc1nc2ccccc2c(=O)n1C1CC1)OCc1nnc(-c2ccc(Cl)cc2)o1. The van der Waals surface area contributed by atoms with E-state index in [9.17, 15) is 9.59 Å². The van der Waals surface area contributed by atoms with E-state index in [-0.39, 0.29) is 30.5 Å². The second-order valence-electron chi connectivity index (χ2n) is 7.62. The summed E-state index contributed by atoms with van der Waals surface area (Å²) in [5.74, 6) is 0.695. The van der Waals surface area contributed by atoms with Crippen LogP contribution in [0.1, 0.15) is 37.0 Å². The smallest absolute Gasteiger partial charge is 0.306 e. The third kappa shape index (κ3) is 4.27. The molecule has 0 spiro atoms. The Morgan fingerprint density at radius 3 is 2.69 bits per heavy atom. The number of benzene rings is 2. The molecule has 1 aliphatic rings. The zero-order valence-electron chi connectivity index (χ0n) is 17.0. The van der Waals surface area contributed by atoms with Crippen LogP contribution < -0.4 is 5.56 Å². The van der Waals surface area contributed by atoms with Crippen LogP contribution in [0.2, 0.25) is 5.02 Å². The van der Waals surface area contributed by atoms with E-state index in [4.69, 9.17) is 20.8 Å². The Balaban J connectivity index is 1.23. The van der Waals surface area contributed by atoms with Gasteiger partial charge in [-0.2, -0.15) is 0 Å². The number of carbonyl (C=O) groups is 1. The standard InChI is InChI=1S/C23H19ClN4O4/c24-15-7-5-14(6-8-15)22-27-26-20(32-22)13-31-21(29)12-11-19-25-18-4-2-1-3-17(18)23(30)28(19)16-9-10-16/h1-8,16H,9-13H2. The van der Waals surface area contributed by atoms with E-state index in [2.05, 4.69) is 15.2 Å². The third-order valence-electron chi connectivity index (χ3n) is 5.26. The molecule has 1 fully saturated rings. The lowest BCUT2D eigenvalue weighted by molar-refractivity contribution is -0.145. The van der Waals surface area contributed by atoms with Crippen molar-refractivity contribution in [1.82, 2.24) is 19.7 Å². The van der Waals surface area contributed by atoms with Gasteiger partial charge >= 0.3 is 5.97 Å². The molecule has 0 unspecified atom stereocenters. The van der Waals surface area contributed by atoms with Gasteiger partial charge in [-0.05, 0) is 49.2 Å². The summed E-state index contributed by atoms with van der Waals surface area (Å²) in [4.78, 5) is 29.8. The molecular formula is C23H19ClN4O4. The number of carbonyl (C=O) groups excluding carboxylic acids is 1. The zero-order valence-corrected chi connectivity index (χ0v) is 17.8. The predicted octanol–water partition coefficient (Wildman–Crippen LogP) is 4.11. The van der Waals surface area contributed by atoms with Crippen LogP contribution in [0, 0.1) is 0 Å². The minimum absolute atomic E-state index is 0.0537. The molecule has 2 aromatic carbocycles. The topological polar surface area (TPSA) is 100 Å². The lowest BCUT2D eigenvalue weighted by Crippen LogP contribution is -2.25. The van der Waals surface area contributed by atoms with Crippen LogP contribution in [-0.2, 0) is 22.6 Å². The monoisotopic (exact) mass is 450 g/mol. The summed E-state index contributed by atoms with van der Waals surface area (Å²) in [6, 6.07) is 14.4. The summed E-state index contributed by atoms with van der Waals surface area (Å²) >= 11 is 5.88. The zero-order chi connectivity index (χ0) is 22.1. The minimum Gasteiger partial charge on any atom is -0.456 e. The average molecular weight is 451 g/mol. The third-order valence-corrected chi connectivity index (χ3v) is 5.51. The van der Waals surface area contributed by atoms with E-state index >= 15 is 0 Å². The molecule has 0 radical (unpaired) electrons. The van der Waals surface area contributed by atoms with Crippen molar-refractivity contribution < 1.29 is 13.9 Å². The van der Waals surface area contributed by atoms with Crippen molar-refractivity contribution in [3.63, 3.8) is 0 Å². The fourth-order valence-electron chi connectivity index (χ4n) is 3.53. The highest BCUT2D eigenvalue weighted by molar-refractivity contribution is 6.30. The van der Waals surface area contributed by atoms with E-state index in [0.717, 1.165) is 18.4 Å². The number of hydrogen-bond donors (Lipinski definition) is 0. The van der Waals surface area contributed by atoms with Crippen LogP contribution in [-0.4, -0.2) is 25.7 Å². The van der Waals surface area contributed by atoms with Crippen LogP contribution in [0.3, 0.4) is 0 Å². The Hall–Kier alpha value is -3.52. The van der Waals surface area contributed by atoms with Gasteiger partial charge in [-0.1, -0.05) is 23.7 Å². The molecule has 2 heterocycles. The second-order valence-corrected chi connectivity index (χ2v) is 8.06. The Morgan fingerprint density at radius 1 is 1.12 bits per heavy atom. The highest BCUT2D eigenvalue weighted by Gasteiger charge is 2.28. The molecule has 0 aliphatic heterocycles. The van der Waals surface area contributed by atoms with Gasteiger partial charge in [-0.3, -0.25) is 14.2 Å². The quantitative estimate of drug-likeness (QED) is 0.390. The molecule has 0 bridgehead atoms. The maximum absolute atomic E-state index is 12.9. The first-order valence-electron chi connectivity index (χ1n) is 10.3. The van der Waals surface area contributed by atoms with Crippen molar-refractivity contribution in [1.29, 1.82) is 0 Å². The van der Waals surface area contributed by atoms with Crippen molar-refractivity contribution in [2.24, 2.45) is 0 Å². The maximum Gasteiger partial charge on any atom is 0.306 e. The summed E-state index contributed by atoms with van der Waals surface area (Å²) < 4.78 is 12.6. The van der Waals surface area contributed by atoms with E-state index in [1.165, 1.54) is 0 Å². The van der Waals surface area contributed by atoms with Crippen molar-refractivity contribution in [2.75, 3.05) is 0 Å². The molecule has 5 rings (SSSR count). The summed E-state index contributed by atoms with van der Waals surface area (Å²) in [5.41, 5.74) is 1.31. The fraction of sp³-hybridized carbons (Fsp3) is 0.261. The van der Waals surface area contributed by atoms with Gasteiger partial charge in [0.25, 0.3) is 11.4 Å². The lowest BCUT2D eigenvalue weighted by atomic mass is 10.2. The molecule has 0 amide bonds. The van der Waals surface area contributed by atoms with Crippen molar-refractivity contribution in [2.45, 2.75) is 38.3 Å². The normalized spacial score (nSPS) is 13.4. The molecule has 162 valence electrons. The first kappa shape index (κ1) is 20.4. The highest BCUT2D eigenvalue weighted by atomic mass is 35.5. The van der Waals surface area contributed by atoms with Gasteiger partial charge in [0.1, 0.15) is 5.82 Å². The highest BCUT2D eigenvalue weighted by Crippen LogP contribution is 2.35.